The average Bonchev–Trinajstić information content (AvgIpc) is 3.06. The smallest absolute Gasteiger partial charge is 0.267 e. The molecule has 0 aliphatic carbocycles. The van der Waals surface area contributed by atoms with Crippen molar-refractivity contribution in [1.29, 1.82) is 0 Å². The molecule has 0 spiro atoms. The Balaban J connectivity index is 1.57. The number of aromatic hydroxyl groups is 1. The second-order valence-corrected chi connectivity index (χ2v) is 6.66. The number of hydrogen-bond donors (Lipinski definition) is 2. The monoisotopic (exact) mass is 387 g/mol. The van der Waals surface area contributed by atoms with E-state index in [-0.39, 0.29) is 28.9 Å². The number of fused-ring (bicyclic) bond motifs is 2. The van der Waals surface area contributed by atoms with Crippen LogP contribution in [0.2, 0.25) is 0 Å². The lowest BCUT2D eigenvalue weighted by molar-refractivity contribution is 0.0990. The van der Waals surface area contributed by atoms with E-state index in [1.165, 1.54) is 6.33 Å². The number of nitrogen functional groups attached to an aromatic ring is 1. The van der Waals surface area contributed by atoms with Crippen molar-refractivity contribution in [1.82, 2.24) is 14.5 Å². The van der Waals surface area contributed by atoms with Gasteiger partial charge in [-0.2, -0.15) is 0 Å². The van der Waals surface area contributed by atoms with Gasteiger partial charge in [-0.1, -0.05) is 12.1 Å². The molecule has 0 fully saturated rings. The lowest BCUT2D eigenvalue weighted by Crippen LogP contribution is -2.32. The van der Waals surface area contributed by atoms with E-state index in [2.05, 4.69) is 9.97 Å². The van der Waals surface area contributed by atoms with Gasteiger partial charge in [-0.25, -0.2) is 9.97 Å². The van der Waals surface area contributed by atoms with Crippen LogP contribution in [0.5, 0.6) is 11.6 Å². The number of nitrogens with zero attached hydrogens (tertiary/aromatic N) is 4. The standard InChI is InChI=1S/C21H17N5O3/c22-19-18-20(24-12-23-19)29-10-9-25(21(18)28)14-5-6-15-13(11-14)7-8-26(15)16-3-1-2-4-17(16)27/h1-8,11-12,27H,9-10H2,(H2,22,23,24). The van der Waals surface area contributed by atoms with Gasteiger partial charge in [0.25, 0.3) is 5.91 Å². The molecular weight excluding hydrogens is 370 g/mol. The molecule has 4 aromatic rings. The Bertz CT molecular complexity index is 1250. The van der Waals surface area contributed by atoms with Gasteiger partial charge in [0.15, 0.2) is 0 Å². The molecule has 1 aliphatic heterocycles. The van der Waals surface area contributed by atoms with E-state index < -0.39 is 0 Å². The Kier molecular flexibility index (Phi) is 3.83. The maximum Gasteiger partial charge on any atom is 0.267 e. The molecular formula is C21H17N5O3. The van der Waals surface area contributed by atoms with E-state index in [1.54, 1.807) is 17.0 Å². The summed E-state index contributed by atoms with van der Waals surface area (Å²) in [5.74, 6) is 0.201. The molecule has 0 unspecified atom stereocenters. The second kappa shape index (κ2) is 6.52. The van der Waals surface area contributed by atoms with Gasteiger partial charge in [-0.05, 0) is 36.4 Å². The fraction of sp³-hybridized carbons (Fsp3) is 0.0952. The molecule has 2 aromatic carbocycles. The van der Waals surface area contributed by atoms with E-state index >= 15 is 0 Å². The zero-order valence-electron chi connectivity index (χ0n) is 15.3. The van der Waals surface area contributed by atoms with Crippen LogP contribution in [0, 0.1) is 0 Å². The highest BCUT2D eigenvalue weighted by atomic mass is 16.5. The van der Waals surface area contributed by atoms with Crippen LogP contribution in [0.1, 0.15) is 10.4 Å². The van der Waals surface area contributed by atoms with Crippen molar-refractivity contribution in [3.63, 3.8) is 0 Å². The molecule has 1 amide bonds. The van der Waals surface area contributed by atoms with Crippen LogP contribution in [0.3, 0.4) is 0 Å². The van der Waals surface area contributed by atoms with E-state index in [1.807, 2.05) is 47.2 Å². The van der Waals surface area contributed by atoms with Crippen molar-refractivity contribution in [2.24, 2.45) is 0 Å². The molecule has 8 nitrogen and oxygen atoms in total. The van der Waals surface area contributed by atoms with Crippen molar-refractivity contribution >= 4 is 28.3 Å². The number of anilines is 2. The van der Waals surface area contributed by atoms with E-state index in [0.717, 1.165) is 16.6 Å². The van der Waals surface area contributed by atoms with Gasteiger partial charge < -0.3 is 25.0 Å². The number of rotatable bonds is 2. The minimum atomic E-state index is -0.296. The molecule has 3 N–H and O–H groups in total. The molecule has 5 rings (SSSR count). The summed E-state index contributed by atoms with van der Waals surface area (Å²) in [5, 5.41) is 11.1. The van der Waals surface area contributed by atoms with Gasteiger partial charge in [0.2, 0.25) is 5.88 Å². The molecule has 3 heterocycles. The van der Waals surface area contributed by atoms with Crippen LogP contribution < -0.4 is 15.4 Å². The summed E-state index contributed by atoms with van der Waals surface area (Å²) in [6.45, 7) is 0.659. The Morgan fingerprint density at radius 1 is 1.10 bits per heavy atom. The third-order valence-electron chi connectivity index (χ3n) is 4.98. The number of phenols is 1. The van der Waals surface area contributed by atoms with Crippen LogP contribution in [-0.2, 0) is 0 Å². The lowest BCUT2D eigenvalue weighted by atomic mass is 10.2. The first-order valence-corrected chi connectivity index (χ1v) is 9.08. The normalized spacial score (nSPS) is 13.8. The topological polar surface area (TPSA) is 106 Å². The number of ether oxygens (including phenoxy) is 1. The highest BCUT2D eigenvalue weighted by Crippen LogP contribution is 2.31. The SMILES string of the molecule is Nc1ncnc2c1C(=O)N(c1ccc3c(ccn3-c3ccccc3O)c1)CCO2. The van der Waals surface area contributed by atoms with Crippen LogP contribution in [0.25, 0.3) is 16.6 Å². The Hall–Kier alpha value is -4.07. The second-order valence-electron chi connectivity index (χ2n) is 6.66. The van der Waals surface area contributed by atoms with E-state index in [9.17, 15) is 9.90 Å². The predicted octanol–water partition coefficient (Wildman–Crippen LogP) is 2.75. The first-order chi connectivity index (χ1) is 14.1. The number of amides is 1. The van der Waals surface area contributed by atoms with Gasteiger partial charge in [0.1, 0.15) is 30.1 Å². The lowest BCUT2D eigenvalue weighted by Gasteiger charge is -2.20. The summed E-state index contributed by atoms with van der Waals surface area (Å²) in [5.41, 5.74) is 8.41. The summed E-state index contributed by atoms with van der Waals surface area (Å²) >= 11 is 0. The zero-order valence-corrected chi connectivity index (χ0v) is 15.3. The molecule has 0 bridgehead atoms. The first kappa shape index (κ1) is 17.1. The summed E-state index contributed by atoms with van der Waals surface area (Å²) in [6.07, 6.45) is 3.17. The Labute approximate surface area is 165 Å². The van der Waals surface area contributed by atoms with Gasteiger partial charge in [-0.15, -0.1) is 0 Å². The highest BCUT2D eigenvalue weighted by Gasteiger charge is 2.28. The van der Waals surface area contributed by atoms with Crippen molar-refractivity contribution < 1.29 is 14.6 Å². The summed E-state index contributed by atoms with van der Waals surface area (Å²) < 4.78 is 7.49. The van der Waals surface area contributed by atoms with Gasteiger partial charge >= 0.3 is 0 Å². The Morgan fingerprint density at radius 2 is 1.97 bits per heavy atom. The summed E-state index contributed by atoms with van der Waals surface area (Å²) in [4.78, 5) is 22.7. The average molecular weight is 387 g/mol. The number of carbonyl (C=O) groups excluding carboxylic acids is 1. The maximum absolute atomic E-state index is 13.1. The molecule has 8 heteroatoms. The number of hydrogen-bond acceptors (Lipinski definition) is 6. The van der Waals surface area contributed by atoms with Crippen molar-refractivity contribution in [2.75, 3.05) is 23.8 Å². The number of aromatic nitrogens is 3. The quantitative estimate of drug-likeness (QED) is 0.548. The molecule has 144 valence electrons. The molecule has 0 atom stereocenters. The fourth-order valence-corrected chi connectivity index (χ4v) is 3.58. The number of phenolic OH excluding ortho intramolecular Hbond substituents is 1. The van der Waals surface area contributed by atoms with Gasteiger partial charge in [-0.3, -0.25) is 4.79 Å². The zero-order chi connectivity index (χ0) is 20.0. The van der Waals surface area contributed by atoms with Crippen molar-refractivity contribution in [3.05, 3.63) is 66.6 Å². The van der Waals surface area contributed by atoms with Crippen LogP contribution in [0.15, 0.2) is 61.1 Å². The molecule has 0 saturated carbocycles. The van der Waals surface area contributed by atoms with E-state index in [0.29, 0.717) is 18.8 Å². The minimum Gasteiger partial charge on any atom is -0.506 e. The number of benzene rings is 2. The Morgan fingerprint density at radius 3 is 2.83 bits per heavy atom. The summed E-state index contributed by atoms with van der Waals surface area (Å²) in [6, 6.07) is 14.8. The fourth-order valence-electron chi connectivity index (χ4n) is 3.58. The van der Waals surface area contributed by atoms with E-state index in [4.69, 9.17) is 10.5 Å². The number of nitrogens with two attached hydrogens (primary N) is 1. The van der Waals surface area contributed by atoms with Gasteiger partial charge in [0.05, 0.1) is 17.7 Å². The van der Waals surface area contributed by atoms with Crippen molar-refractivity contribution in [3.8, 4) is 17.3 Å². The van der Waals surface area contributed by atoms with Crippen LogP contribution in [0.4, 0.5) is 11.5 Å². The molecule has 2 aromatic heterocycles. The highest BCUT2D eigenvalue weighted by molar-refractivity contribution is 6.11. The minimum absolute atomic E-state index is 0.0960. The third kappa shape index (κ3) is 2.73. The van der Waals surface area contributed by atoms with Crippen LogP contribution >= 0.6 is 0 Å². The molecule has 0 saturated heterocycles. The van der Waals surface area contributed by atoms with Crippen molar-refractivity contribution in [2.45, 2.75) is 0 Å². The number of para-hydroxylation sites is 2. The molecule has 29 heavy (non-hydrogen) atoms. The summed E-state index contributed by atoms with van der Waals surface area (Å²) in [7, 11) is 0. The molecule has 0 radical (unpaired) electrons. The largest absolute Gasteiger partial charge is 0.506 e. The van der Waals surface area contributed by atoms with Crippen LogP contribution in [-0.4, -0.2) is 38.7 Å². The number of carbonyl (C=O) groups is 1. The molecule has 1 aliphatic rings. The third-order valence-corrected chi connectivity index (χ3v) is 4.98. The predicted molar refractivity (Wildman–Crippen MR) is 109 cm³/mol. The van der Waals surface area contributed by atoms with Gasteiger partial charge in [0, 0.05) is 17.3 Å². The first-order valence-electron chi connectivity index (χ1n) is 9.08. The maximum atomic E-state index is 13.1.